The van der Waals surface area contributed by atoms with E-state index in [4.69, 9.17) is 4.74 Å². The van der Waals surface area contributed by atoms with Gasteiger partial charge in [-0.3, -0.25) is 9.59 Å². The van der Waals surface area contributed by atoms with E-state index in [1.165, 1.54) is 7.11 Å². The van der Waals surface area contributed by atoms with Crippen LogP contribution in [0.1, 0.15) is 17.9 Å². The molecule has 0 unspecified atom stereocenters. The van der Waals surface area contributed by atoms with Crippen molar-refractivity contribution in [3.63, 3.8) is 0 Å². The van der Waals surface area contributed by atoms with E-state index in [9.17, 15) is 14.9 Å². The van der Waals surface area contributed by atoms with Crippen molar-refractivity contribution in [1.29, 1.82) is 5.26 Å². The van der Waals surface area contributed by atoms with Gasteiger partial charge in [0.05, 0.1) is 35.2 Å². The number of benzene rings is 2. The number of hydrogen-bond donors (Lipinski definition) is 2. The molecule has 0 fully saturated rings. The van der Waals surface area contributed by atoms with Gasteiger partial charge < -0.3 is 15.4 Å². The Hall–Kier alpha value is -2.76. The number of allylic oxidation sites excluding steroid dienone is 1. The van der Waals surface area contributed by atoms with Gasteiger partial charge in [0.1, 0.15) is 5.75 Å². The van der Waals surface area contributed by atoms with Crippen molar-refractivity contribution >= 4 is 45.2 Å². The number of halogens is 1. The zero-order chi connectivity index (χ0) is 20.8. The van der Waals surface area contributed by atoms with Crippen molar-refractivity contribution in [3.05, 3.63) is 69.2 Å². The Morgan fingerprint density at radius 2 is 2.14 bits per heavy atom. The molecule has 2 aromatic carbocycles. The zero-order valence-corrected chi connectivity index (χ0v) is 18.0. The Labute approximate surface area is 181 Å². The monoisotopic (exact) mass is 471 g/mol. The van der Waals surface area contributed by atoms with Gasteiger partial charge in [0.15, 0.2) is 0 Å². The molecule has 29 heavy (non-hydrogen) atoms. The number of methoxy groups -OCH3 is 1. The number of para-hydroxylation sites is 2. The number of rotatable bonds is 6. The molecular formula is C21H18BrN3O3S. The highest BCUT2D eigenvalue weighted by atomic mass is 79.9. The van der Waals surface area contributed by atoms with E-state index in [-0.39, 0.29) is 29.9 Å². The van der Waals surface area contributed by atoms with Gasteiger partial charge in [0.25, 0.3) is 0 Å². The summed E-state index contributed by atoms with van der Waals surface area (Å²) in [6.45, 7) is 0. The first kappa shape index (κ1) is 21.0. The fourth-order valence-electron chi connectivity index (χ4n) is 3.01. The first-order valence-electron chi connectivity index (χ1n) is 8.77. The van der Waals surface area contributed by atoms with Crippen LogP contribution < -0.4 is 15.4 Å². The largest absolute Gasteiger partial charge is 0.495 e. The number of nitriles is 1. The van der Waals surface area contributed by atoms with Crippen molar-refractivity contribution in [2.75, 3.05) is 18.2 Å². The highest BCUT2D eigenvalue weighted by Crippen LogP contribution is 2.36. The topological polar surface area (TPSA) is 91.2 Å². The van der Waals surface area contributed by atoms with Crippen molar-refractivity contribution in [2.24, 2.45) is 0 Å². The Morgan fingerprint density at radius 3 is 2.86 bits per heavy atom. The maximum atomic E-state index is 12.4. The quantitative estimate of drug-likeness (QED) is 0.659. The molecule has 0 saturated heterocycles. The molecule has 1 aliphatic rings. The summed E-state index contributed by atoms with van der Waals surface area (Å²) in [5.74, 6) is -0.177. The number of carbonyl (C=O) groups is 2. The minimum absolute atomic E-state index is 0.0457. The minimum atomic E-state index is -0.342. The lowest BCUT2D eigenvalue weighted by molar-refractivity contribution is -0.121. The van der Waals surface area contributed by atoms with E-state index < -0.39 is 0 Å². The Morgan fingerprint density at radius 1 is 1.34 bits per heavy atom. The first-order chi connectivity index (χ1) is 14.0. The van der Waals surface area contributed by atoms with Crippen LogP contribution in [0.15, 0.2) is 63.6 Å². The standard InChI is InChI=1S/C21H18BrN3O3S/c1-28-18-8-3-2-7-17(18)24-20(27)12-29-21-16(11-23)15(10-19(26)25-21)13-5-4-6-14(22)9-13/h2-9,15H,10,12H2,1H3,(H,24,27)(H,25,26)/t15-/m0/s1. The number of amides is 2. The molecule has 1 atom stereocenters. The third-order valence-electron chi connectivity index (χ3n) is 4.34. The third-order valence-corrected chi connectivity index (χ3v) is 5.85. The van der Waals surface area contributed by atoms with Crippen LogP contribution in [-0.2, 0) is 9.59 Å². The lowest BCUT2D eigenvalue weighted by Gasteiger charge is -2.25. The van der Waals surface area contributed by atoms with Gasteiger partial charge in [-0.25, -0.2) is 0 Å². The van der Waals surface area contributed by atoms with E-state index >= 15 is 0 Å². The van der Waals surface area contributed by atoms with Crippen molar-refractivity contribution in [1.82, 2.24) is 5.32 Å². The van der Waals surface area contributed by atoms with E-state index in [1.54, 1.807) is 18.2 Å². The van der Waals surface area contributed by atoms with Crippen LogP contribution in [0.4, 0.5) is 5.69 Å². The summed E-state index contributed by atoms with van der Waals surface area (Å²) in [4.78, 5) is 24.6. The molecule has 2 N–H and O–H groups in total. The molecule has 0 saturated carbocycles. The normalized spacial score (nSPS) is 16.0. The second kappa shape index (κ2) is 9.63. The lowest BCUT2D eigenvalue weighted by Crippen LogP contribution is -2.31. The molecule has 0 radical (unpaired) electrons. The Kier molecular flexibility index (Phi) is 6.96. The van der Waals surface area contributed by atoms with Crippen LogP contribution in [0.2, 0.25) is 0 Å². The number of carbonyl (C=O) groups excluding carboxylic acids is 2. The maximum Gasteiger partial charge on any atom is 0.234 e. The third kappa shape index (κ3) is 5.19. The molecule has 0 bridgehead atoms. The molecule has 6 nitrogen and oxygen atoms in total. The second-order valence-corrected chi connectivity index (χ2v) is 8.15. The highest BCUT2D eigenvalue weighted by Gasteiger charge is 2.30. The Balaban J connectivity index is 1.76. The first-order valence-corrected chi connectivity index (χ1v) is 10.5. The summed E-state index contributed by atoms with van der Waals surface area (Å²) < 4.78 is 6.11. The molecule has 0 aliphatic carbocycles. The van der Waals surface area contributed by atoms with E-state index in [1.807, 2.05) is 30.3 Å². The van der Waals surface area contributed by atoms with Gasteiger partial charge >= 0.3 is 0 Å². The summed E-state index contributed by atoms with van der Waals surface area (Å²) >= 11 is 4.56. The van der Waals surface area contributed by atoms with Gasteiger partial charge in [-0.2, -0.15) is 5.26 Å². The van der Waals surface area contributed by atoms with Gasteiger partial charge in [-0.1, -0.05) is 52.0 Å². The minimum Gasteiger partial charge on any atom is -0.495 e. The second-order valence-electron chi connectivity index (χ2n) is 6.25. The molecule has 2 amide bonds. The van der Waals surface area contributed by atoms with E-state index in [0.29, 0.717) is 22.0 Å². The Bertz CT molecular complexity index is 1020. The van der Waals surface area contributed by atoms with E-state index in [0.717, 1.165) is 21.8 Å². The summed E-state index contributed by atoms with van der Waals surface area (Å²) in [5.41, 5.74) is 1.90. The number of thioether (sulfide) groups is 1. The van der Waals surface area contributed by atoms with E-state index in [2.05, 4.69) is 32.6 Å². The summed E-state index contributed by atoms with van der Waals surface area (Å²) in [6, 6.07) is 16.9. The van der Waals surface area contributed by atoms with Gasteiger partial charge in [0, 0.05) is 16.8 Å². The number of ether oxygens (including phenoxy) is 1. The smallest absolute Gasteiger partial charge is 0.234 e. The molecular weight excluding hydrogens is 454 g/mol. The molecule has 148 valence electrons. The van der Waals surface area contributed by atoms with Crippen LogP contribution in [0.25, 0.3) is 0 Å². The average Bonchev–Trinajstić information content (AvgIpc) is 2.72. The van der Waals surface area contributed by atoms with Crippen LogP contribution in [0, 0.1) is 11.3 Å². The molecule has 8 heteroatoms. The molecule has 2 aromatic rings. The van der Waals surface area contributed by atoms with Crippen molar-refractivity contribution in [3.8, 4) is 11.8 Å². The number of hydrogen-bond acceptors (Lipinski definition) is 5. The SMILES string of the molecule is COc1ccccc1NC(=O)CSC1=C(C#N)[C@H](c2cccc(Br)c2)CC(=O)N1. The van der Waals surface area contributed by atoms with Gasteiger partial charge in [-0.05, 0) is 29.8 Å². The van der Waals surface area contributed by atoms with Crippen LogP contribution in [0.5, 0.6) is 5.75 Å². The molecule has 0 spiro atoms. The van der Waals surface area contributed by atoms with Crippen molar-refractivity contribution < 1.29 is 14.3 Å². The van der Waals surface area contributed by atoms with Crippen LogP contribution in [0.3, 0.4) is 0 Å². The average molecular weight is 472 g/mol. The zero-order valence-electron chi connectivity index (χ0n) is 15.6. The maximum absolute atomic E-state index is 12.4. The number of nitrogens with one attached hydrogen (secondary N) is 2. The number of anilines is 1. The number of nitrogens with zero attached hydrogens (tertiary/aromatic N) is 1. The van der Waals surface area contributed by atoms with Gasteiger partial charge in [-0.15, -0.1) is 0 Å². The molecule has 1 heterocycles. The predicted molar refractivity (Wildman–Crippen MR) is 116 cm³/mol. The molecule has 3 rings (SSSR count). The summed E-state index contributed by atoms with van der Waals surface area (Å²) in [7, 11) is 1.53. The summed E-state index contributed by atoms with van der Waals surface area (Å²) in [6.07, 6.45) is 0.191. The molecule has 0 aromatic heterocycles. The van der Waals surface area contributed by atoms with Crippen molar-refractivity contribution in [2.45, 2.75) is 12.3 Å². The summed E-state index contributed by atoms with van der Waals surface area (Å²) in [5, 5.41) is 15.7. The van der Waals surface area contributed by atoms with Crippen LogP contribution >= 0.6 is 27.7 Å². The highest BCUT2D eigenvalue weighted by molar-refractivity contribution is 9.10. The lowest BCUT2D eigenvalue weighted by atomic mass is 9.87. The predicted octanol–water partition coefficient (Wildman–Crippen LogP) is 4.17. The fourth-order valence-corrected chi connectivity index (χ4v) is 4.31. The van der Waals surface area contributed by atoms with Crippen LogP contribution in [-0.4, -0.2) is 24.7 Å². The fraction of sp³-hybridized carbons (Fsp3) is 0.190. The van der Waals surface area contributed by atoms with Gasteiger partial charge in [0.2, 0.25) is 11.8 Å². The molecule has 1 aliphatic heterocycles.